The molecule has 1 heterocycles. The van der Waals surface area contributed by atoms with E-state index in [9.17, 15) is 10.1 Å². The normalized spacial score (nSPS) is 17.0. The highest BCUT2D eigenvalue weighted by Gasteiger charge is 2.37. The van der Waals surface area contributed by atoms with Gasteiger partial charge >= 0.3 is 5.97 Å². The molecule has 8 heteroatoms. The molecular formula is C17H16BrClN2O4. The van der Waals surface area contributed by atoms with Crippen molar-refractivity contribution in [1.82, 2.24) is 0 Å². The van der Waals surface area contributed by atoms with Gasteiger partial charge in [0, 0.05) is 0 Å². The largest absolute Gasteiger partial charge is 0.496 e. The zero-order chi connectivity index (χ0) is 18.6. The predicted molar refractivity (Wildman–Crippen MR) is 95.7 cm³/mol. The van der Waals surface area contributed by atoms with Gasteiger partial charge in [-0.25, -0.2) is 4.79 Å². The highest BCUT2D eigenvalue weighted by Crippen LogP contribution is 2.41. The summed E-state index contributed by atoms with van der Waals surface area (Å²) in [5.74, 6) is -0.715. The third-order valence-corrected chi connectivity index (χ3v) is 4.49. The SMILES string of the molecule is CCOC(=O)C1=C(CCl)OC(N)=C(C#N)C1c1ccc(OC)c(Br)c1. The number of nitrogens with two attached hydrogens (primary N) is 1. The van der Waals surface area contributed by atoms with E-state index in [0.717, 1.165) is 0 Å². The summed E-state index contributed by atoms with van der Waals surface area (Å²) in [6.07, 6.45) is 0. The van der Waals surface area contributed by atoms with Gasteiger partial charge in [-0.3, -0.25) is 0 Å². The van der Waals surface area contributed by atoms with Gasteiger partial charge in [-0.15, -0.1) is 11.6 Å². The summed E-state index contributed by atoms with van der Waals surface area (Å²) in [5, 5.41) is 9.54. The number of benzene rings is 1. The maximum atomic E-state index is 12.5. The predicted octanol–water partition coefficient (Wildman–Crippen LogP) is 3.32. The Kier molecular flexibility index (Phi) is 6.34. The summed E-state index contributed by atoms with van der Waals surface area (Å²) in [7, 11) is 1.54. The molecule has 1 aromatic rings. The van der Waals surface area contributed by atoms with E-state index in [0.29, 0.717) is 15.8 Å². The van der Waals surface area contributed by atoms with Crippen LogP contribution in [0.3, 0.4) is 0 Å². The van der Waals surface area contributed by atoms with Crippen molar-refractivity contribution in [3.8, 4) is 11.8 Å². The minimum atomic E-state index is -0.742. The number of ether oxygens (including phenoxy) is 3. The van der Waals surface area contributed by atoms with Gasteiger partial charge in [-0.05, 0) is 40.5 Å². The van der Waals surface area contributed by atoms with E-state index >= 15 is 0 Å². The summed E-state index contributed by atoms with van der Waals surface area (Å²) < 4.78 is 16.4. The van der Waals surface area contributed by atoms with E-state index < -0.39 is 11.9 Å². The summed E-state index contributed by atoms with van der Waals surface area (Å²) in [4.78, 5) is 12.5. The van der Waals surface area contributed by atoms with E-state index in [1.807, 2.05) is 6.07 Å². The molecule has 0 fully saturated rings. The summed E-state index contributed by atoms with van der Waals surface area (Å²) in [6, 6.07) is 7.25. The summed E-state index contributed by atoms with van der Waals surface area (Å²) in [6.45, 7) is 1.87. The Labute approximate surface area is 158 Å². The van der Waals surface area contributed by atoms with Crippen molar-refractivity contribution in [2.45, 2.75) is 12.8 Å². The van der Waals surface area contributed by atoms with Crippen LogP contribution in [0.1, 0.15) is 18.4 Å². The number of alkyl halides is 1. The van der Waals surface area contributed by atoms with E-state index in [1.165, 1.54) is 0 Å². The van der Waals surface area contributed by atoms with Crippen LogP contribution in [0.4, 0.5) is 0 Å². The number of rotatable bonds is 5. The van der Waals surface area contributed by atoms with Crippen molar-refractivity contribution in [3.63, 3.8) is 0 Å². The molecule has 2 N–H and O–H groups in total. The van der Waals surface area contributed by atoms with Crippen molar-refractivity contribution < 1.29 is 19.0 Å². The van der Waals surface area contributed by atoms with Crippen molar-refractivity contribution in [2.75, 3.05) is 19.6 Å². The monoisotopic (exact) mass is 426 g/mol. The molecule has 0 amide bonds. The van der Waals surface area contributed by atoms with Crippen LogP contribution in [0, 0.1) is 11.3 Å². The molecule has 132 valence electrons. The maximum Gasteiger partial charge on any atom is 0.338 e. The Morgan fingerprint density at radius 3 is 2.76 bits per heavy atom. The van der Waals surface area contributed by atoms with Crippen LogP contribution in [-0.2, 0) is 14.3 Å². The molecule has 2 rings (SSSR count). The third kappa shape index (κ3) is 3.75. The van der Waals surface area contributed by atoms with Crippen LogP contribution < -0.4 is 10.5 Å². The van der Waals surface area contributed by atoms with Gasteiger partial charge in [0.1, 0.15) is 23.2 Å². The first-order valence-corrected chi connectivity index (χ1v) is 8.68. The molecule has 0 aromatic heterocycles. The number of nitrogens with zero attached hydrogens (tertiary/aromatic N) is 1. The number of methoxy groups -OCH3 is 1. The van der Waals surface area contributed by atoms with Crippen LogP contribution in [0.2, 0.25) is 0 Å². The van der Waals surface area contributed by atoms with Crippen LogP contribution in [0.5, 0.6) is 5.75 Å². The molecular weight excluding hydrogens is 412 g/mol. The fourth-order valence-electron chi connectivity index (χ4n) is 2.55. The second kappa shape index (κ2) is 8.28. The quantitative estimate of drug-likeness (QED) is 0.572. The molecule has 6 nitrogen and oxygen atoms in total. The third-order valence-electron chi connectivity index (χ3n) is 3.62. The number of hydrogen-bond acceptors (Lipinski definition) is 6. The molecule has 0 saturated carbocycles. The highest BCUT2D eigenvalue weighted by molar-refractivity contribution is 9.10. The smallest absolute Gasteiger partial charge is 0.338 e. The molecule has 25 heavy (non-hydrogen) atoms. The first-order chi connectivity index (χ1) is 12.0. The minimum absolute atomic E-state index is 0.0804. The van der Waals surface area contributed by atoms with Gasteiger partial charge in [0.25, 0.3) is 0 Å². The lowest BCUT2D eigenvalue weighted by atomic mass is 9.83. The standard InChI is InChI=1S/C17H16BrClN2O4/c1-3-24-17(22)15-13(7-19)25-16(21)10(8-20)14(15)9-4-5-12(23-2)11(18)6-9/h4-6,14H,3,7,21H2,1-2H3. The molecule has 0 saturated heterocycles. The van der Waals surface area contributed by atoms with Crippen molar-refractivity contribution in [2.24, 2.45) is 5.73 Å². The molecule has 0 aliphatic carbocycles. The fourth-order valence-corrected chi connectivity index (χ4v) is 3.30. The minimum Gasteiger partial charge on any atom is -0.496 e. The van der Waals surface area contributed by atoms with Gasteiger partial charge in [0.05, 0.1) is 35.6 Å². The average molecular weight is 428 g/mol. The molecule has 0 radical (unpaired) electrons. The van der Waals surface area contributed by atoms with Crippen molar-refractivity contribution in [1.29, 1.82) is 5.26 Å². The van der Waals surface area contributed by atoms with Gasteiger partial charge in [-0.2, -0.15) is 5.26 Å². The molecule has 1 unspecified atom stereocenters. The number of esters is 1. The number of carbonyl (C=O) groups is 1. The van der Waals surface area contributed by atoms with E-state index in [4.69, 9.17) is 31.5 Å². The maximum absolute atomic E-state index is 12.5. The van der Waals surface area contributed by atoms with E-state index in [2.05, 4.69) is 15.9 Å². The highest BCUT2D eigenvalue weighted by atomic mass is 79.9. The lowest BCUT2D eigenvalue weighted by Gasteiger charge is -2.27. The molecule has 0 spiro atoms. The van der Waals surface area contributed by atoms with Crippen LogP contribution in [0.25, 0.3) is 0 Å². The molecule has 1 aliphatic heterocycles. The van der Waals surface area contributed by atoms with Crippen LogP contribution in [0.15, 0.2) is 45.5 Å². The van der Waals surface area contributed by atoms with E-state index in [-0.39, 0.29) is 35.3 Å². The van der Waals surface area contributed by atoms with Gasteiger partial charge in [0.2, 0.25) is 5.88 Å². The topological polar surface area (TPSA) is 94.6 Å². The lowest BCUT2D eigenvalue weighted by Crippen LogP contribution is -2.26. The molecule has 0 bridgehead atoms. The number of allylic oxidation sites excluding steroid dienone is 2. The van der Waals surface area contributed by atoms with Crippen molar-refractivity contribution in [3.05, 3.63) is 51.0 Å². The first-order valence-electron chi connectivity index (χ1n) is 7.35. The Morgan fingerprint density at radius 2 is 2.24 bits per heavy atom. The van der Waals surface area contributed by atoms with Gasteiger partial charge in [0.15, 0.2) is 0 Å². The fraction of sp³-hybridized carbons (Fsp3) is 0.294. The zero-order valence-electron chi connectivity index (χ0n) is 13.6. The number of carbonyl (C=O) groups excluding carboxylic acids is 1. The molecule has 1 aromatic carbocycles. The van der Waals surface area contributed by atoms with Crippen LogP contribution >= 0.6 is 27.5 Å². The average Bonchev–Trinajstić information content (AvgIpc) is 2.60. The Hall–Kier alpha value is -2.17. The van der Waals surface area contributed by atoms with Crippen LogP contribution in [-0.4, -0.2) is 25.6 Å². The Bertz CT molecular complexity index is 798. The second-order valence-electron chi connectivity index (χ2n) is 5.01. The second-order valence-corrected chi connectivity index (χ2v) is 6.13. The molecule has 1 atom stereocenters. The summed E-state index contributed by atoms with van der Waals surface area (Å²) in [5.41, 5.74) is 6.81. The Balaban J connectivity index is 2.66. The van der Waals surface area contributed by atoms with E-state index in [1.54, 1.807) is 32.2 Å². The van der Waals surface area contributed by atoms with Gasteiger partial charge < -0.3 is 19.9 Å². The molecule has 1 aliphatic rings. The van der Waals surface area contributed by atoms with Gasteiger partial charge in [-0.1, -0.05) is 6.07 Å². The van der Waals surface area contributed by atoms with Crippen molar-refractivity contribution >= 4 is 33.5 Å². The number of nitriles is 1. The zero-order valence-corrected chi connectivity index (χ0v) is 16.0. The number of halogens is 2. The lowest BCUT2D eigenvalue weighted by molar-refractivity contribution is -0.139. The Morgan fingerprint density at radius 1 is 1.52 bits per heavy atom. The first kappa shape index (κ1) is 19.2. The number of hydrogen-bond donors (Lipinski definition) is 1. The summed E-state index contributed by atoms with van der Waals surface area (Å²) >= 11 is 9.33.